The lowest BCUT2D eigenvalue weighted by Crippen LogP contribution is -2.21. The van der Waals surface area contributed by atoms with Crippen LogP contribution in [0.1, 0.15) is 59.8 Å². The number of hydrogen-bond donors (Lipinski definition) is 2. The lowest BCUT2D eigenvalue weighted by molar-refractivity contribution is 0.0994. The first-order chi connectivity index (χ1) is 14.0. The summed E-state index contributed by atoms with van der Waals surface area (Å²) in [4.78, 5) is 36.1. The molecule has 1 aliphatic rings. The predicted octanol–water partition coefficient (Wildman–Crippen LogP) is 2.29. The molecule has 0 aromatic carbocycles. The van der Waals surface area contributed by atoms with Crippen LogP contribution in [0.4, 0.5) is 5.95 Å². The number of fused-ring (bicyclic) bond motifs is 1. The van der Waals surface area contributed by atoms with Gasteiger partial charge < -0.3 is 4.42 Å². The van der Waals surface area contributed by atoms with Crippen LogP contribution in [0.2, 0.25) is 0 Å². The van der Waals surface area contributed by atoms with Crippen LogP contribution in [0.5, 0.6) is 0 Å². The molecule has 3 aromatic heterocycles. The number of furan rings is 1. The highest BCUT2D eigenvalue weighted by atomic mass is 16.4. The number of aromatic amines is 1. The van der Waals surface area contributed by atoms with Crippen molar-refractivity contribution in [3.8, 4) is 0 Å². The van der Waals surface area contributed by atoms with E-state index in [1.54, 1.807) is 13.0 Å². The van der Waals surface area contributed by atoms with Crippen molar-refractivity contribution in [3.63, 3.8) is 0 Å². The number of aromatic nitrogens is 4. The van der Waals surface area contributed by atoms with Gasteiger partial charge in [0.15, 0.2) is 5.76 Å². The third-order valence-electron chi connectivity index (χ3n) is 5.41. The zero-order chi connectivity index (χ0) is 20.5. The van der Waals surface area contributed by atoms with Crippen molar-refractivity contribution >= 4 is 17.6 Å². The van der Waals surface area contributed by atoms with Crippen LogP contribution < -0.4 is 10.9 Å². The largest absolute Gasteiger partial charge is 0.456 e. The SMILES string of the molecule is CCc1oc(C(=O)Nc2nc3nc(C)c(CC)c(=O)n3[nH]2)cc1CN1CCCC1. The number of carbonyl (C=O) groups excluding carboxylic acids is 1. The number of amides is 1. The minimum Gasteiger partial charge on any atom is -0.456 e. The van der Waals surface area contributed by atoms with Crippen LogP contribution in [-0.4, -0.2) is 43.5 Å². The van der Waals surface area contributed by atoms with E-state index in [0.29, 0.717) is 17.7 Å². The minimum atomic E-state index is -0.410. The fourth-order valence-corrected chi connectivity index (χ4v) is 3.88. The predicted molar refractivity (Wildman–Crippen MR) is 108 cm³/mol. The van der Waals surface area contributed by atoms with Crippen molar-refractivity contribution < 1.29 is 9.21 Å². The number of hydrogen-bond acceptors (Lipinski definition) is 6. The first-order valence-electron chi connectivity index (χ1n) is 10.1. The van der Waals surface area contributed by atoms with E-state index in [9.17, 15) is 9.59 Å². The summed E-state index contributed by atoms with van der Waals surface area (Å²) in [5.41, 5.74) is 2.11. The van der Waals surface area contributed by atoms with E-state index in [0.717, 1.165) is 37.4 Å². The zero-order valence-corrected chi connectivity index (χ0v) is 17.0. The maximum Gasteiger partial charge on any atom is 0.293 e. The van der Waals surface area contributed by atoms with Crippen molar-refractivity contribution in [3.05, 3.63) is 44.8 Å². The number of H-pyrrole nitrogens is 1. The molecule has 9 nitrogen and oxygen atoms in total. The van der Waals surface area contributed by atoms with E-state index >= 15 is 0 Å². The van der Waals surface area contributed by atoms with Gasteiger partial charge in [-0.25, -0.2) is 4.98 Å². The third kappa shape index (κ3) is 3.69. The monoisotopic (exact) mass is 398 g/mol. The Morgan fingerprint density at radius 1 is 1.24 bits per heavy atom. The summed E-state index contributed by atoms with van der Waals surface area (Å²) >= 11 is 0. The molecule has 4 heterocycles. The summed E-state index contributed by atoms with van der Waals surface area (Å²) in [6, 6.07) is 1.80. The summed E-state index contributed by atoms with van der Waals surface area (Å²) in [5.74, 6) is 1.04. The Balaban J connectivity index is 1.57. The average molecular weight is 398 g/mol. The van der Waals surface area contributed by atoms with Gasteiger partial charge in [0.2, 0.25) is 5.95 Å². The number of likely N-dealkylation sites (tertiary alicyclic amines) is 1. The number of aryl methyl sites for hydroxylation is 2. The van der Waals surface area contributed by atoms with Crippen molar-refractivity contribution in [2.24, 2.45) is 0 Å². The van der Waals surface area contributed by atoms with Crippen molar-refractivity contribution in [2.45, 2.75) is 53.0 Å². The van der Waals surface area contributed by atoms with E-state index in [4.69, 9.17) is 4.42 Å². The van der Waals surface area contributed by atoms with Gasteiger partial charge in [0, 0.05) is 24.1 Å². The maximum atomic E-state index is 12.7. The van der Waals surface area contributed by atoms with Gasteiger partial charge in [-0.1, -0.05) is 13.8 Å². The number of rotatable bonds is 6. The summed E-state index contributed by atoms with van der Waals surface area (Å²) in [6.45, 7) is 8.65. The first-order valence-corrected chi connectivity index (χ1v) is 10.1. The molecular weight excluding hydrogens is 372 g/mol. The van der Waals surface area contributed by atoms with E-state index in [1.807, 2.05) is 13.8 Å². The second kappa shape index (κ2) is 7.82. The molecular formula is C20H26N6O3. The van der Waals surface area contributed by atoms with Gasteiger partial charge >= 0.3 is 0 Å². The molecule has 4 rings (SSSR count). The third-order valence-corrected chi connectivity index (χ3v) is 5.41. The zero-order valence-electron chi connectivity index (χ0n) is 17.0. The second-order valence-corrected chi connectivity index (χ2v) is 7.39. The van der Waals surface area contributed by atoms with Crippen molar-refractivity contribution in [1.82, 2.24) is 24.5 Å². The highest BCUT2D eigenvalue weighted by Gasteiger charge is 2.21. The van der Waals surface area contributed by atoms with E-state index in [2.05, 4.69) is 25.3 Å². The Kier molecular flexibility index (Phi) is 5.23. The molecule has 0 bridgehead atoms. The molecule has 2 N–H and O–H groups in total. The van der Waals surface area contributed by atoms with Crippen LogP contribution in [0, 0.1) is 6.92 Å². The molecule has 3 aromatic rings. The number of carbonyl (C=O) groups is 1. The maximum absolute atomic E-state index is 12.7. The molecule has 1 fully saturated rings. The van der Waals surface area contributed by atoms with Crippen LogP contribution in [-0.2, 0) is 19.4 Å². The molecule has 1 saturated heterocycles. The van der Waals surface area contributed by atoms with Gasteiger partial charge in [-0.05, 0) is 45.3 Å². The number of anilines is 1. The summed E-state index contributed by atoms with van der Waals surface area (Å²) in [7, 11) is 0. The Labute approximate surface area is 168 Å². The molecule has 0 radical (unpaired) electrons. The van der Waals surface area contributed by atoms with Crippen LogP contribution in [0.15, 0.2) is 15.3 Å². The average Bonchev–Trinajstić information content (AvgIpc) is 3.42. The van der Waals surface area contributed by atoms with Gasteiger partial charge in [0.1, 0.15) is 5.76 Å². The smallest absolute Gasteiger partial charge is 0.293 e. The lowest BCUT2D eigenvalue weighted by atomic mass is 10.2. The van der Waals surface area contributed by atoms with Gasteiger partial charge in [0.25, 0.3) is 17.2 Å². The molecule has 0 aliphatic carbocycles. The molecule has 9 heteroatoms. The summed E-state index contributed by atoms with van der Waals surface area (Å²) < 4.78 is 7.05. The topological polar surface area (TPSA) is 109 Å². The van der Waals surface area contributed by atoms with Gasteiger partial charge in [-0.2, -0.15) is 9.50 Å². The lowest BCUT2D eigenvalue weighted by Gasteiger charge is -2.13. The van der Waals surface area contributed by atoms with E-state index in [-0.39, 0.29) is 23.0 Å². The fourth-order valence-electron chi connectivity index (χ4n) is 3.88. The van der Waals surface area contributed by atoms with Crippen LogP contribution in [0.3, 0.4) is 0 Å². The first kappa shape index (κ1) is 19.4. The molecule has 0 spiro atoms. The fraction of sp³-hybridized carbons (Fsp3) is 0.500. The number of nitrogens with one attached hydrogen (secondary N) is 2. The number of nitrogens with zero attached hydrogens (tertiary/aromatic N) is 4. The molecule has 29 heavy (non-hydrogen) atoms. The van der Waals surface area contributed by atoms with E-state index in [1.165, 1.54) is 17.4 Å². The highest BCUT2D eigenvalue weighted by molar-refractivity contribution is 6.01. The molecule has 1 amide bonds. The van der Waals surface area contributed by atoms with E-state index < -0.39 is 5.91 Å². The summed E-state index contributed by atoms with van der Waals surface area (Å²) in [5, 5.41) is 5.49. The Morgan fingerprint density at radius 2 is 2.00 bits per heavy atom. The molecule has 0 unspecified atom stereocenters. The molecule has 0 saturated carbocycles. The van der Waals surface area contributed by atoms with Gasteiger partial charge in [-0.15, -0.1) is 0 Å². The second-order valence-electron chi connectivity index (χ2n) is 7.39. The Bertz CT molecular complexity index is 1100. The Hall–Kier alpha value is -2.94. The summed E-state index contributed by atoms with van der Waals surface area (Å²) in [6.07, 6.45) is 3.73. The normalized spacial score (nSPS) is 14.7. The van der Waals surface area contributed by atoms with Gasteiger partial charge in [-0.3, -0.25) is 24.9 Å². The standard InChI is InChI=1S/C20H26N6O3/c1-4-14-12(3)21-20-23-19(24-26(20)18(14)28)22-17(27)16-10-13(15(5-2)29-16)11-25-8-6-7-9-25/h10H,4-9,11H2,1-3H3,(H2,21,22,23,24,27). The molecule has 154 valence electrons. The molecule has 1 aliphatic heterocycles. The highest BCUT2D eigenvalue weighted by Crippen LogP contribution is 2.21. The van der Waals surface area contributed by atoms with Crippen LogP contribution in [0.25, 0.3) is 5.78 Å². The van der Waals surface area contributed by atoms with Gasteiger partial charge in [0.05, 0.1) is 5.69 Å². The van der Waals surface area contributed by atoms with Crippen molar-refractivity contribution in [1.29, 1.82) is 0 Å². The minimum absolute atomic E-state index is 0.155. The quantitative estimate of drug-likeness (QED) is 0.659. The van der Waals surface area contributed by atoms with Crippen LogP contribution >= 0.6 is 0 Å². The van der Waals surface area contributed by atoms with Crippen molar-refractivity contribution in [2.75, 3.05) is 18.4 Å². The Morgan fingerprint density at radius 3 is 2.69 bits per heavy atom. The molecule has 0 atom stereocenters.